The Labute approximate surface area is 133 Å². The van der Waals surface area contributed by atoms with Gasteiger partial charge < -0.3 is 9.47 Å². The van der Waals surface area contributed by atoms with Gasteiger partial charge in [-0.2, -0.15) is 0 Å². The van der Waals surface area contributed by atoms with Crippen LogP contribution in [-0.2, 0) is 9.47 Å². The van der Waals surface area contributed by atoms with E-state index in [2.05, 4.69) is 10.1 Å². The second kappa shape index (κ2) is 7.30. The van der Waals surface area contributed by atoms with Crippen molar-refractivity contribution in [2.24, 2.45) is 0 Å². The van der Waals surface area contributed by atoms with Crippen molar-refractivity contribution in [3.05, 3.63) is 66.0 Å². The van der Waals surface area contributed by atoms with Gasteiger partial charge >= 0.3 is 0 Å². The van der Waals surface area contributed by atoms with E-state index >= 15 is 0 Å². The molecule has 0 aliphatic heterocycles. The van der Waals surface area contributed by atoms with Crippen LogP contribution in [0.25, 0.3) is 5.52 Å². The summed E-state index contributed by atoms with van der Waals surface area (Å²) >= 11 is 0. The monoisotopic (exact) mass is 315 g/mol. The highest BCUT2D eigenvalue weighted by molar-refractivity contribution is 5.43. The molecular weight excluding hydrogens is 297 g/mol. The van der Waals surface area contributed by atoms with Gasteiger partial charge in [-0.05, 0) is 36.8 Å². The van der Waals surface area contributed by atoms with Crippen LogP contribution in [0.3, 0.4) is 0 Å². The van der Waals surface area contributed by atoms with Crippen molar-refractivity contribution in [3.63, 3.8) is 0 Å². The van der Waals surface area contributed by atoms with E-state index in [-0.39, 0.29) is 5.82 Å². The summed E-state index contributed by atoms with van der Waals surface area (Å²) in [4.78, 5) is 4.39. The number of halogens is 1. The van der Waals surface area contributed by atoms with Crippen LogP contribution in [0, 0.1) is 5.82 Å². The van der Waals surface area contributed by atoms with Crippen molar-refractivity contribution in [3.8, 4) is 0 Å². The number of nitrogens with zero attached hydrogens (tertiary/aromatic N) is 3. The molecule has 6 heteroatoms. The van der Waals surface area contributed by atoms with Crippen LogP contribution < -0.4 is 0 Å². The van der Waals surface area contributed by atoms with Gasteiger partial charge in [0.05, 0.1) is 24.9 Å². The maximum absolute atomic E-state index is 13.2. The molecule has 1 aromatic carbocycles. The summed E-state index contributed by atoms with van der Waals surface area (Å²) in [5.41, 5.74) is 1.70. The van der Waals surface area contributed by atoms with E-state index in [9.17, 15) is 4.39 Å². The fourth-order valence-corrected chi connectivity index (χ4v) is 2.29. The normalized spacial score (nSPS) is 12.6. The average Bonchev–Trinajstić information content (AvgIpc) is 3.04. The van der Waals surface area contributed by atoms with E-state index in [1.165, 1.54) is 12.1 Å². The Morgan fingerprint density at radius 1 is 1.17 bits per heavy atom. The number of rotatable bonds is 7. The van der Waals surface area contributed by atoms with Gasteiger partial charge in [0.25, 0.3) is 0 Å². The van der Waals surface area contributed by atoms with Crippen molar-refractivity contribution in [1.29, 1.82) is 0 Å². The zero-order chi connectivity index (χ0) is 16.1. The van der Waals surface area contributed by atoms with Crippen molar-refractivity contribution in [2.45, 2.75) is 13.0 Å². The molecule has 1 unspecified atom stereocenters. The smallest absolute Gasteiger partial charge is 0.182 e. The van der Waals surface area contributed by atoms with Crippen LogP contribution in [0.1, 0.15) is 24.4 Å². The average molecular weight is 315 g/mol. The van der Waals surface area contributed by atoms with E-state index < -0.39 is 6.10 Å². The van der Waals surface area contributed by atoms with Crippen LogP contribution in [0.2, 0.25) is 0 Å². The van der Waals surface area contributed by atoms with E-state index in [1.807, 2.05) is 25.3 Å². The molecule has 0 saturated heterocycles. The van der Waals surface area contributed by atoms with Crippen molar-refractivity contribution in [2.75, 3.05) is 19.8 Å². The molecule has 0 aliphatic rings. The minimum atomic E-state index is -0.470. The molecule has 0 amide bonds. The Morgan fingerprint density at radius 3 is 2.78 bits per heavy atom. The lowest BCUT2D eigenvalue weighted by atomic mass is 10.1. The minimum absolute atomic E-state index is 0.288. The van der Waals surface area contributed by atoms with Gasteiger partial charge in [0.1, 0.15) is 11.9 Å². The first-order valence-corrected chi connectivity index (χ1v) is 7.53. The van der Waals surface area contributed by atoms with E-state index in [0.717, 1.165) is 11.1 Å². The highest BCUT2D eigenvalue weighted by atomic mass is 19.1. The third kappa shape index (κ3) is 3.72. The molecule has 0 radical (unpaired) electrons. The molecule has 23 heavy (non-hydrogen) atoms. The number of aromatic nitrogens is 3. The molecule has 5 nitrogen and oxygen atoms in total. The molecule has 0 bridgehead atoms. The molecule has 0 fully saturated rings. The summed E-state index contributed by atoms with van der Waals surface area (Å²) in [7, 11) is 0. The van der Waals surface area contributed by atoms with Gasteiger partial charge in [0.2, 0.25) is 0 Å². The van der Waals surface area contributed by atoms with Gasteiger partial charge in [-0.25, -0.2) is 13.9 Å². The quantitative estimate of drug-likeness (QED) is 0.629. The lowest BCUT2D eigenvalue weighted by Crippen LogP contribution is -2.15. The largest absolute Gasteiger partial charge is 0.379 e. The van der Waals surface area contributed by atoms with E-state index in [4.69, 9.17) is 9.47 Å². The maximum Gasteiger partial charge on any atom is 0.182 e. The molecule has 2 heterocycles. The zero-order valence-electron chi connectivity index (χ0n) is 12.9. The standard InChI is InChI=1S/C17H18FN3O2/c1-2-22-10-11-23-16(13-5-7-14(18)8-6-13)17-19-12-15-4-3-9-21(15)20-17/h3-9,12,16H,2,10-11H2,1H3. The third-order valence-electron chi connectivity index (χ3n) is 3.42. The number of hydrogen-bond acceptors (Lipinski definition) is 4. The molecular formula is C17H18FN3O2. The predicted molar refractivity (Wildman–Crippen MR) is 83.7 cm³/mol. The van der Waals surface area contributed by atoms with Crippen LogP contribution in [0.15, 0.2) is 48.8 Å². The van der Waals surface area contributed by atoms with Crippen LogP contribution in [-0.4, -0.2) is 34.4 Å². The van der Waals surface area contributed by atoms with Gasteiger partial charge in [0, 0.05) is 12.8 Å². The second-order valence-electron chi connectivity index (χ2n) is 4.99. The topological polar surface area (TPSA) is 48.7 Å². The van der Waals surface area contributed by atoms with Crippen molar-refractivity contribution in [1.82, 2.24) is 14.6 Å². The fraction of sp³-hybridized carbons (Fsp3) is 0.294. The van der Waals surface area contributed by atoms with Crippen molar-refractivity contribution >= 4 is 5.52 Å². The molecule has 0 aliphatic carbocycles. The molecule has 1 atom stereocenters. The van der Waals surface area contributed by atoms with Gasteiger partial charge in [-0.3, -0.25) is 0 Å². The Hall–Kier alpha value is -2.31. The Morgan fingerprint density at radius 2 is 2.00 bits per heavy atom. The summed E-state index contributed by atoms with van der Waals surface area (Å²) < 4.78 is 26.1. The molecule has 3 aromatic rings. The molecule has 2 aromatic heterocycles. The van der Waals surface area contributed by atoms with Gasteiger partial charge in [-0.15, -0.1) is 5.10 Å². The fourth-order valence-electron chi connectivity index (χ4n) is 2.29. The van der Waals surface area contributed by atoms with Crippen molar-refractivity contribution < 1.29 is 13.9 Å². The Bertz CT molecular complexity index is 758. The molecule has 0 N–H and O–H groups in total. The second-order valence-corrected chi connectivity index (χ2v) is 4.99. The van der Waals surface area contributed by atoms with E-state index in [1.54, 1.807) is 22.8 Å². The maximum atomic E-state index is 13.2. The minimum Gasteiger partial charge on any atom is -0.379 e. The molecule has 120 valence electrons. The lowest BCUT2D eigenvalue weighted by Gasteiger charge is -2.17. The van der Waals surface area contributed by atoms with Crippen LogP contribution >= 0.6 is 0 Å². The van der Waals surface area contributed by atoms with Crippen LogP contribution in [0.5, 0.6) is 0 Å². The summed E-state index contributed by atoms with van der Waals surface area (Å²) in [6.45, 7) is 3.46. The predicted octanol–water partition coefficient (Wildman–Crippen LogP) is 3.01. The van der Waals surface area contributed by atoms with Gasteiger partial charge in [-0.1, -0.05) is 12.1 Å². The number of fused-ring (bicyclic) bond motifs is 1. The number of benzene rings is 1. The van der Waals surface area contributed by atoms with E-state index in [0.29, 0.717) is 25.6 Å². The first-order valence-electron chi connectivity index (χ1n) is 7.53. The lowest BCUT2D eigenvalue weighted by molar-refractivity contribution is 0.0196. The first-order chi connectivity index (χ1) is 11.3. The summed E-state index contributed by atoms with van der Waals surface area (Å²) in [5.74, 6) is 0.236. The highest BCUT2D eigenvalue weighted by Gasteiger charge is 2.19. The molecule has 3 rings (SSSR count). The number of hydrogen-bond donors (Lipinski definition) is 0. The summed E-state index contributed by atoms with van der Waals surface area (Å²) in [6.07, 6.45) is 3.12. The van der Waals surface area contributed by atoms with Crippen LogP contribution in [0.4, 0.5) is 4.39 Å². The number of ether oxygens (including phenoxy) is 2. The molecule has 0 saturated carbocycles. The molecule has 0 spiro atoms. The summed E-state index contributed by atoms with van der Waals surface area (Å²) in [5, 5.41) is 4.48. The van der Waals surface area contributed by atoms with Gasteiger partial charge in [0.15, 0.2) is 5.82 Å². The first kappa shape index (κ1) is 15.6. The zero-order valence-corrected chi connectivity index (χ0v) is 12.9. The third-order valence-corrected chi connectivity index (χ3v) is 3.42. The Kier molecular flexibility index (Phi) is 4.95. The SMILES string of the molecule is CCOCCOC(c1ccc(F)cc1)c1ncc2cccn2n1. The Balaban J connectivity index is 1.87. The highest BCUT2D eigenvalue weighted by Crippen LogP contribution is 2.23. The summed E-state index contributed by atoms with van der Waals surface area (Å²) in [6, 6.07) is 10.0.